The molecule has 0 aliphatic rings. The van der Waals surface area contributed by atoms with E-state index in [0.717, 1.165) is 21.1 Å². The van der Waals surface area contributed by atoms with Crippen molar-refractivity contribution in [2.45, 2.75) is 6.54 Å². The smallest absolute Gasteiger partial charge is 0.337 e. The van der Waals surface area contributed by atoms with Crippen LogP contribution in [0.25, 0.3) is 11.0 Å². The molecule has 0 radical (unpaired) electrons. The number of nitrogens with zero attached hydrogens (tertiary/aromatic N) is 3. The van der Waals surface area contributed by atoms with Gasteiger partial charge in [0.25, 0.3) is 0 Å². The number of benzene rings is 2. The molecule has 3 aromatic rings. The summed E-state index contributed by atoms with van der Waals surface area (Å²) in [6, 6.07) is 13.2. The molecule has 0 amide bonds. The number of hydrogen-bond donors (Lipinski definition) is 0. The van der Waals surface area contributed by atoms with Crippen LogP contribution in [0.1, 0.15) is 15.9 Å². The molecule has 0 aliphatic heterocycles. The fourth-order valence-electron chi connectivity index (χ4n) is 2.12. The van der Waals surface area contributed by atoms with Crippen molar-refractivity contribution in [2.24, 2.45) is 0 Å². The first-order valence-electron chi connectivity index (χ1n) is 6.34. The summed E-state index contributed by atoms with van der Waals surface area (Å²) in [6.07, 6.45) is 0. The van der Waals surface area contributed by atoms with Gasteiger partial charge in [0.2, 0.25) is 0 Å². The van der Waals surface area contributed by atoms with Gasteiger partial charge in [0.1, 0.15) is 5.52 Å². The van der Waals surface area contributed by atoms with Crippen molar-refractivity contribution in [1.29, 1.82) is 0 Å². The van der Waals surface area contributed by atoms with Gasteiger partial charge in [-0.2, -0.15) is 0 Å². The van der Waals surface area contributed by atoms with Crippen molar-refractivity contribution < 1.29 is 9.53 Å². The predicted molar refractivity (Wildman–Crippen MR) is 82.1 cm³/mol. The Morgan fingerprint density at radius 3 is 2.86 bits per heavy atom. The second-order valence-electron chi connectivity index (χ2n) is 4.53. The highest BCUT2D eigenvalue weighted by atomic mass is 79.9. The number of esters is 1. The van der Waals surface area contributed by atoms with Gasteiger partial charge in [-0.3, -0.25) is 0 Å². The van der Waals surface area contributed by atoms with E-state index in [4.69, 9.17) is 4.74 Å². The van der Waals surface area contributed by atoms with E-state index in [1.807, 2.05) is 35.0 Å². The van der Waals surface area contributed by atoms with Gasteiger partial charge >= 0.3 is 5.97 Å². The maximum Gasteiger partial charge on any atom is 0.337 e. The lowest BCUT2D eigenvalue weighted by atomic mass is 10.1. The van der Waals surface area contributed by atoms with Gasteiger partial charge in [-0.15, -0.1) is 5.10 Å². The predicted octanol–water partition coefficient (Wildman–Crippen LogP) is 3.03. The van der Waals surface area contributed by atoms with Crippen LogP contribution in [0.5, 0.6) is 0 Å². The van der Waals surface area contributed by atoms with Gasteiger partial charge in [0.15, 0.2) is 0 Å². The van der Waals surface area contributed by atoms with Crippen LogP contribution in [0.15, 0.2) is 46.9 Å². The van der Waals surface area contributed by atoms with E-state index < -0.39 is 0 Å². The molecule has 0 aliphatic carbocycles. The lowest BCUT2D eigenvalue weighted by molar-refractivity contribution is 0.0600. The van der Waals surface area contributed by atoms with E-state index in [1.165, 1.54) is 7.11 Å². The Morgan fingerprint density at radius 2 is 2.10 bits per heavy atom. The monoisotopic (exact) mass is 345 g/mol. The van der Waals surface area contributed by atoms with Gasteiger partial charge in [-0.05, 0) is 29.8 Å². The molecular weight excluding hydrogens is 334 g/mol. The van der Waals surface area contributed by atoms with Crippen molar-refractivity contribution in [3.05, 3.63) is 58.1 Å². The number of para-hydroxylation sites is 1. The van der Waals surface area contributed by atoms with Crippen molar-refractivity contribution >= 4 is 32.9 Å². The van der Waals surface area contributed by atoms with E-state index in [2.05, 4.69) is 26.2 Å². The van der Waals surface area contributed by atoms with Gasteiger partial charge in [0, 0.05) is 4.47 Å². The Hall–Kier alpha value is -2.21. The van der Waals surface area contributed by atoms with Crippen LogP contribution in [0.2, 0.25) is 0 Å². The highest BCUT2D eigenvalue weighted by molar-refractivity contribution is 9.10. The van der Waals surface area contributed by atoms with Crippen LogP contribution in [-0.2, 0) is 11.3 Å². The Morgan fingerprint density at radius 1 is 1.29 bits per heavy atom. The van der Waals surface area contributed by atoms with Crippen molar-refractivity contribution in [1.82, 2.24) is 15.0 Å². The third-order valence-corrected chi connectivity index (χ3v) is 3.95. The number of hydrogen-bond acceptors (Lipinski definition) is 4. The van der Waals surface area contributed by atoms with Gasteiger partial charge in [-0.1, -0.05) is 39.3 Å². The molecule has 21 heavy (non-hydrogen) atoms. The third kappa shape index (κ3) is 2.67. The molecule has 0 bridgehead atoms. The number of rotatable bonds is 3. The van der Waals surface area contributed by atoms with Crippen LogP contribution in [0.4, 0.5) is 0 Å². The molecule has 1 aromatic heterocycles. The van der Waals surface area contributed by atoms with Crippen molar-refractivity contribution in [3.63, 3.8) is 0 Å². The fraction of sp³-hybridized carbons (Fsp3) is 0.133. The van der Waals surface area contributed by atoms with Crippen LogP contribution < -0.4 is 0 Å². The molecule has 0 atom stereocenters. The van der Waals surface area contributed by atoms with Crippen LogP contribution in [-0.4, -0.2) is 28.1 Å². The summed E-state index contributed by atoms with van der Waals surface area (Å²) in [7, 11) is 1.37. The molecule has 0 fully saturated rings. The number of fused-ring (bicyclic) bond motifs is 1. The molecule has 3 rings (SSSR count). The van der Waals surface area contributed by atoms with Crippen LogP contribution >= 0.6 is 15.9 Å². The van der Waals surface area contributed by atoms with E-state index in [-0.39, 0.29) is 5.97 Å². The molecule has 0 N–H and O–H groups in total. The fourth-order valence-corrected chi connectivity index (χ4v) is 2.62. The molecule has 1 heterocycles. The molecule has 2 aromatic carbocycles. The zero-order chi connectivity index (χ0) is 14.8. The SMILES string of the molecule is COC(=O)c1ccc(Cn2nnc3ccccc32)c(Br)c1. The maximum absolute atomic E-state index is 11.5. The minimum Gasteiger partial charge on any atom is -0.465 e. The normalized spacial score (nSPS) is 10.8. The first kappa shape index (κ1) is 13.8. The average Bonchev–Trinajstić information content (AvgIpc) is 2.92. The summed E-state index contributed by atoms with van der Waals surface area (Å²) >= 11 is 3.49. The van der Waals surface area contributed by atoms with Crippen LogP contribution in [0.3, 0.4) is 0 Å². The molecule has 5 nitrogen and oxygen atoms in total. The van der Waals surface area contributed by atoms with Crippen LogP contribution in [0, 0.1) is 0 Å². The van der Waals surface area contributed by atoms with Gasteiger partial charge in [-0.25, -0.2) is 9.48 Å². The summed E-state index contributed by atoms with van der Waals surface area (Å²) in [4.78, 5) is 11.5. The number of halogens is 1. The second-order valence-corrected chi connectivity index (χ2v) is 5.39. The maximum atomic E-state index is 11.5. The van der Waals surface area contributed by atoms with Gasteiger partial charge < -0.3 is 4.74 Å². The first-order chi connectivity index (χ1) is 10.2. The number of methoxy groups -OCH3 is 1. The topological polar surface area (TPSA) is 57.0 Å². The number of carbonyl (C=O) groups is 1. The summed E-state index contributed by atoms with van der Waals surface area (Å²) in [6.45, 7) is 0.572. The zero-order valence-corrected chi connectivity index (χ0v) is 12.9. The summed E-state index contributed by atoms with van der Waals surface area (Å²) in [5.74, 6) is -0.353. The molecule has 0 spiro atoms. The van der Waals surface area contributed by atoms with Gasteiger partial charge in [0.05, 0.1) is 24.7 Å². The first-order valence-corrected chi connectivity index (χ1v) is 7.13. The lowest BCUT2D eigenvalue weighted by Gasteiger charge is -2.07. The zero-order valence-electron chi connectivity index (χ0n) is 11.3. The molecule has 6 heteroatoms. The Kier molecular flexibility index (Phi) is 3.70. The average molecular weight is 346 g/mol. The number of ether oxygens (including phenoxy) is 1. The van der Waals surface area contributed by atoms with E-state index in [1.54, 1.807) is 12.1 Å². The van der Waals surface area contributed by atoms with E-state index in [9.17, 15) is 4.79 Å². The molecule has 106 valence electrons. The highest BCUT2D eigenvalue weighted by Gasteiger charge is 2.10. The lowest BCUT2D eigenvalue weighted by Crippen LogP contribution is -2.05. The molecule has 0 unspecified atom stereocenters. The van der Waals surface area contributed by atoms with Crippen molar-refractivity contribution in [2.75, 3.05) is 7.11 Å². The molecular formula is C15H12BrN3O2. The Bertz CT molecular complexity index is 814. The molecule has 0 saturated heterocycles. The Labute approximate surface area is 129 Å². The highest BCUT2D eigenvalue weighted by Crippen LogP contribution is 2.21. The second kappa shape index (κ2) is 5.65. The summed E-state index contributed by atoms with van der Waals surface area (Å²) in [5.41, 5.74) is 3.36. The molecule has 0 saturated carbocycles. The summed E-state index contributed by atoms with van der Waals surface area (Å²) < 4.78 is 7.37. The third-order valence-electron chi connectivity index (χ3n) is 3.21. The minimum absolute atomic E-state index is 0.353. The minimum atomic E-state index is -0.353. The van der Waals surface area contributed by atoms with Crippen molar-refractivity contribution in [3.8, 4) is 0 Å². The largest absolute Gasteiger partial charge is 0.465 e. The van der Waals surface area contributed by atoms with E-state index >= 15 is 0 Å². The summed E-state index contributed by atoms with van der Waals surface area (Å²) in [5, 5.41) is 8.29. The quantitative estimate of drug-likeness (QED) is 0.684. The van der Waals surface area contributed by atoms with E-state index in [0.29, 0.717) is 12.1 Å². The number of carbonyl (C=O) groups excluding carboxylic acids is 1. The number of aromatic nitrogens is 3. The Balaban J connectivity index is 1.93. The standard InChI is InChI=1S/C15H12BrN3O2/c1-21-15(20)10-6-7-11(12(16)8-10)9-19-14-5-3-2-4-13(14)17-18-19/h2-8H,9H2,1H3.